The van der Waals surface area contributed by atoms with Crippen molar-refractivity contribution in [1.29, 1.82) is 0 Å². The molecule has 0 aromatic carbocycles. The average Bonchev–Trinajstić information content (AvgIpc) is 2.84. The molecule has 0 bridgehead atoms. The Kier molecular flexibility index (Phi) is 4.33. The van der Waals surface area contributed by atoms with Gasteiger partial charge in [-0.2, -0.15) is 0 Å². The lowest BCUT2D eigenvalue weighted by atomic mass is 9.98. The molecule has 1 unspecified atom stereocenters. The van der Waals surface area contributed by atoms with Gasteiger partial charge in [0.2, 0.25) is 5.91 Å². The quantitative estimate of drug-likeness (QED) is 0.907. The molecule has 3 heterocycles. The molecule has 1 fully saturated rings. The first-order valence-corrected chi connectivity index (χ1v) is 8.69. The van der Waals surface area contributed by atoms with E-state index in [1.165, 1.54) is 10.4 Å². The van der Waals surface area contributed by atoms with E-state index in [4.69, 9.17) is 0 Å². The zero-order valence-electron chi connectivity index (χ0n) is 12.7. The first kappa shape index (κ1) is 15.0. The summed E-state index contributed by atoms with van der Waals surface area (Å²) in [4.78, 5) is 18.1. The van der Waals surface area contributed by atoms with E-state index in [-0.39, 0.29) is 5.91 Å². The van der Waals surface area contributed by atoms with Crippen molar-refractivity contribution in [3.05, 3.63) is 21.9 Å². The number of fused-ring (bicyclic) bond motifs is 1. The van der Waals surface area contributed by atoms with Crippen molar-refractivity contribution in [1.82, 2.24) is 9.80 Å². The summed E-state index contributed by atoms with van der Waals surface area (Å²) >= 11 is 1.80. The minimum Gasteiger partial charge on any atom is -0.390 e. The third kappa shape index (κ3) is 3.65. The van der Waals surface area contributed by atoms with Crippen LogP contribution in [-0.2, 0) is 17.8 Å². The molecule has 3 rings (SSSR count). The number of likely N-dealkylation sites (tertiary alicyclic amines) is 1. The summed E-state index contributed by atoms with van der Waals surface area (Å²) in [6, 6.07) is 2.14. The van der Waals surface area contributed by atoms with E-state index in [0.29, 0.717) is 6.54 Å². The van der Waals surface area contributed by atoms with Gasteiger partial charge >= 0.3 is 0 Å². The molecule has 21 heavy (non-hydrogen) atoms. The topological polar surface area (TPSA) is 43.8 Å². The van der Waals surface area contributed by atoms with Crippen molar-refractivity contribution in [3.63, 3.8) is 0 Å². The van der Waals surface area contributed by atoms with E-state index in [9.17, 15) is 9.90 Å². The predicted octanol–water partition coefficient (Wildman–Crippen LogP) is 1.87. The minimum absolute atomic E-state index is 0.230. The van der Waals surface area contributed by atoms with Crippen molar-refractivity contribution < 1.29 is 9.90 Å². The number of rotatable bonds is 2. The van der Waals surface area contributed by atoms with Gasteiger partial charge in [-0.1, -0.05) is 0 Å². The van der Waals surface area contributed by atoms with Crippen molar-refractivity contribution in [2.45, 2.75) is 44.8 Å². The molecule has 1 saturated heterocycles. The smallest absolute Gasteiger partial charge is 0.237 e. The van der Waals surface area contributed by atoms with Crippen molar-refractivity contribution in [2.75, 3.05) is 26.2 Å². The van der Waals surface area contributed by atoms with Crippen molar-refractivity contribution in [3.8, 4) is 0 Å². The maximum absolute atomic E-state index is 12.5. The number of aliphatic hydroxyl groups is 1. The second kappa shape index (κ2) is 6.07. The van der Waals surface area contributed by atoms with Crippen LogP contribution in [0.5, 0.6) is 0 Å². The number of hydrogen-bond acceptors (Lipinski definition) is 4. The summed E-state index contributed by atoms with van der Waals surface area (Å²) in [5.41, 5.74) is 0.757. The Balaban J connectivity index is 1.55. The monoisotopic (exact) mass is 308 g/mol. The van der Waals surface area contributed by atoms with Gasteiger partial charge in [0.25, 0.3) is 0 Å². The molecule has 4 nitrogen and oxygen atoms in total. The number of hydrogen-bond donors (Lipinski definition) is 1. The maximum atomic E-state index is 12.5. The molecule has 0 spiro atoms. The molecule has 0 aliphatic carbocycles. The van der Waals surface area contributed by atoms with Gasteiger partial charge in [-0.3, -0.25) is 9.69 Å². The lowest BCUT2D eigenvalue weighted by Crippen LogP contribution is -2.43. The van der Waals surface area contributed by atoms with Gasteiger partial charge in [-0.25, -0.2) is 0 Å². The first-order chi connectivity index (χ1) is 10.0. The van der Waals surface area contributed by atoms with Crippen LogP contribution in [0, 0.1) is 0 Å². The Morgan fingerprint density at radius 2 is 2.24 bits per heavy atom. The van der Waals surface area contributed by atoms with Crippen LogP contribution >= 0.6 is 11.3 Å². The Morgan fingerprint density at radius 1 is 1.38 bits per heavy atom. The van der Waals surface area contributed by atoms with Gasteiger partial charge in [0.15, 0.2) is 0 Å². The molecule has 1 aromatic rings. The van der Waals surface area contributed by atoms with Gasteiger partial charge in [-0.15, -0.1) is 11.3 Å². The minimum atomic E-state index is -0.561. The standard InChI is InChI=1S/C16H24N2O2S/c1-16(20)5-2-7-17(9-6-16)12-15(19)18-8-3-14-13(11-18)4-10-21-14/h4,10,20H,2-3,5-9,11-12H2,1H3. The fourth-order valence-corrected chi connectivity index (χ4v) is 4.12. The fraction of sp³-hybridized carbons (Fsp3) is 0.688. The summed E-state index contributed by atoms with van der Waals surface area (Å²) in [6.45, 7) is 5.74. The third-order valence-corrected chi connectivity index (χ3v) is 5.70. The first-order valence-electron chi connectivity index (χ1n) is 7.81. The number of carbonyl (C=O) groups excluding carboxylic acids is 1. The van der Waals surface area contributed by atoms with E-state index < -0.39 is 5.60 Å². The molecule has 1 N–H and O–H groups in total. The van der Waals surface area contributed by atoms with Gasteiger partial charge < -0.3 is 10.0 Å². The highest BCUT2D eigenvalue weighted by atomic mass is 32.1. The SMILES string of the molecule is CC1(O)CCCN(CC(=O)N2CCc3sccc3C2)CC1. The molecule has 1 atom stereocenters. The summed E-state index contributed by atoms with van der Waals surface area (Å²) in [5, 5.41) is 12.2. The largest absolute Gasteiger partial charge is 0.390 e. The molecular formula is C16H24N2O2S. The molecule has 2 aliphatic rings. The van der Waals surface area contributed by atoms with Crippen molar-refractivity contribution >= 4 is 17.2 Å². The van der Waals surface area contributed by atoms with Crippen LogP contribution in [0.2, 0.25) is 0 Å². The number of carbonyl (C=O) groups is 1. The van der Waals surface area contributed by atoms with Crippen LogP contribution in [0.3, 0.4) is 0 Å². The Hall–Kier alpha value is -0.910. The fourth-order valence-electron chi connectivity index (χ4n) is 3.23. The van der Waals surface area contributed by atoms with Crippen LogP contribution in [0.25, 0.3) is 0 Å². The molecule has 1 aromatic heterocycles. The second-order valence-corrected chi connectivity index (χ2v) is 7.56. The van der Waals surface area contributed by atoms with Crippen LogP contribution in [0.15, 0.2) is 11.4 Å². The summed E-state index contributed by atoms with van der Waals surface area (Å²) in [6.07, 6.45) is 3.55. The van der Waals surface area contributed by atoms with E-state index in [1.807, 2.05) is 11.8 Å². The number of thiophene rings is 1. The second-order valence-electron chi connectivity index (χ2n) is 6.56. The normalized spacial score (nSPS) is 27.2. The van der Waals surface area contributed by atoms with E-state index in [1.54, 1.807) is 11.3 Å². The van der Waals surface area contributed by atoms with Gasteiger partial charge in [0.05, 0.1) is 12.1 Å². The van der Waals surface area contributed by atoms with Crippen LogP contribution in [0.1, 0.15) is 36.6 Å². The van der Waals surface area contributed by atoms with Crippen molar-refractivity contribution in [2.24, 2.45) is 0 Å². The zero-order chi connectivity index (χ0) is 14.9. The summed E-state index contributed by atoms with van der Waals surface area (Å²) in [7, 11) is 0. The number of nitrogens with zero attached hydrogens (tertiary/aromatic N) is 2. The Bertz CT molecular complexity index is 512. The van der Waals surface area contributed by atoms with Crippen LogP contribution in [0.4, 0.5) is 0 Å². The molecule has 116 valence electrons. The maximum Gasteiger partial charge on any atom is 0.237 e. The molecule has 0 radical (unpaired) electrons. The molecule has 0 saturated carbocycles. The van der Waals surface area contributed by atoms with Gasteiger partial charge in [0.1, 0.15) is 0 Å². The van der Waals surface area contributed by atoms with Gasteiger partial charge in [-0.05, 0) is 56.2 Å². The van der Waals surface area contributed by atoms with E-state index in [2.05, 4.69) is 16.3 Å². The molecular weight excluding hydrogens is 284 g/mol. The molecule has 2 aliphatic heterocycles. The number of amides is 1. The summed E-state index contributed by atoms with van der Waals surface area (Å²) < 4.78 is 0. The highest BCUT2D eigenvalue weighted by molar-refractivity contribution is 7.10. The van der Waals surface area contributed by atoms with Gasteiger partial charge in [0, 0.05) is 24.5 Å². The molecule has 5 heteroatoms. The Labute approximate surface area is 130 Å². The predicted molar refractivity (Wildman–Crippen MR) is 84.4 cm³/mol. The van der Waals surface area contributed by atoms with Crippen LogP contribution < -0.4 is 0 Å². The third-order valence-electron chi connectivity index (χ3n) is 4.68. The highest BCUT2D eigenvalue weighted by Crippen LogP contribution is 2.25. The average molecular weight is 308 g/mol. The lowest BCUT2D eigenvalue weighted by Gasteiger charge is -2.30. The van der Waals surface area contributed by atoms with Crippen LogP contribution in [-0.4, -0.2) is 52.6 Å². The highest BCUT2D eigenvalue weighted by Gasteiger charge is 2.27. The van der Waals surface area contributed by atoms with E-state index >= 15 is 0 Å². The zero-order valence-corrected chi connectivity index (χ0v) is 13.5. The van der Waals surface area contributed by atoms with E-state index in [0.717, 1.165) is 51.9 Å². The molecule has 1 amide bonds. The summed E-state index contributed by atoms with van der Waals surface area (Å²) in [5.74, 6) is 0.230. The lowest BCUT2D eigenvalue weighted by molar-refractivity contribution is -0.133. The Morgan fingerprint density at radius 3 is 3.10 bits per heavy atom.